The monoisotopic (exact) mass is 267 g/mol. The van der Waals surface area contributed by atoms with Gasteiger partial charge in [-0.05, 0) is 30.5 Å². The number of rotatable bonds is 7. The van der Waals surface area contributed by atoms with E-state index in [2.05, 4.69) is 50.4 Å². The van der Waals surface area contributed by atoms with Gasteiger partial charge in [-0.1, -0.05) is 45.0 Å². The van der Waals surface area contributed by atoms with E-state index >= 15 is 0 Å². The lowest BCUT2D eigenvalue weighted by molar-refractivity contribution is 0.626. The van der Waals surface area contributed by atoms with Crippen molar-refractivity contribution in [2.75, 3.05) is 18.6 Å². The normalized spacial score (nSPS) is 14.7. The molecule has 0 radical (unpaired) electrons. The molecule has 0 saturated carbocycles. The number of hydrogen-bond acceptors (Lipinski definition) is 2. The Morgan fingerprint density at radius 2 is 1.78 bits per heavy atom. The van der Waals surface area contributed by atoms with E-state index in [1.165, 1.54) is 11.1 Å². The van der Waals surface area contributed by atoms with Crippen molar-refractivity contribution in [3.8, 4) is 0 Å². The molecule has 0 fully saturated rings. The highest BCUT2D eigenvalue weighted by atomic mass is 32.2. The Morgan fingerprint density at radius 1 is 1.17 bits per heavy atom. The van der Waals surface area contributed by atoms with Crippen LogP contribution < -0.4 is 5.32 Å². The Balaban J connectivity index is 2.67. The van der Waals surface area contributed by atoms with E-state index in [0.29, 0.717) is 11.7 Å². The molecule has 18 heavy (non-hydrogen) atoms. The summed E-state index contributed by atoms with van der Waals surface area (Å²) in [6.07, 6.45) is 1.06. The van der Waals surface area contributed by atoms with Crippen LogP contribution in [0.1, 0.15) is 37.9 Å². The fraction of sp³-hybridized carbons (Fsp3) is 0.600. The maximum absolute atomic E-state index is 12.0. The zero-order valence-electron chi connectivity index (χ0n) is 11.9. The van der Waals surface area contributed by atoms with E-state index in [9.17, 15) is 4.21 Å². The van der Waals surface area contributed by atoms with Crippen LogP contribution in [0.15, 0.2) is 24.3 Å². The summed E-state index contributed by atoms with van der Waals surface area (Å²) >= 11 is 0. The SMILES string of the molecule is CCc1ccc(C(CS(=O)CC(C)C)NC)cc1. The molecule has 0 aliphatic rings. The van der Waals surface area contributed by atoms with Crippen molar-refractivity contribution in [2.45, 2.75) is 33.2 Å². The Hall–Kier alpha value is -0.670. The lowest BCUT2D eigenvalue weighted by atomic mass is 10.1. The van der Waals surface area contributed by atoms with Crippen LogP contribution in [0.25, 0.3) is 0 Å². The van der Waals surface area contributed by atoms with Crippen LogP contribution in [-0.2, 0) is 17.2 Å². The van der Waals surface area contributed by atoms with Gasteiger partial charge in [0.15, 0.2) is 0 Å². The van der Waals surface area contributed by atoms with E-state index in [4.69, 9.17) is 0 Å². The third kappa shape index (κ3) is 4.91. The Kier molecular flexibility index (Phi) is 6.58. The highest BCUT2D eigenvalue weighted by molar-refractivity contribution is 7.85. The molecular formula is C15H25NOS. The van der Waals surface area contributed by atoms with Crippen LogP contribution in [0.2, 0.25) is 0 Å². The molecule has 2 nitrogen and oxygen atoms in total. The summed E-state index contributed by atoms with van der Waals surface area (Å²) in [7, 11) is 1.19. The molecule has 0 bridgehead atoms. The van der Waals surface area contributed by atoms with Crippen molar-refractivity contribution in [3.05, 3.63) is 35.4 Å². The smallest absolute Gasteiger partial charge is 0.0434 e. The quantitative estimate of drug-likeness (QED) is 0.823. The van der Waals surface area contributed by atoms with Crippen molar-refractivity contribution in [3.63, 3.8) is 0 Å². The van der Waals surface area contributed by atoms with E-state index < -0.39 is 10.8 Å². The average molecular weight is 267 g/mol. The van der Waals surface area contributed by atoms with E-state index in [-0.39, 0.29) is 6.04 Å². The Morgan fingerprint density at radius 3 is 2.22 bits per heavy atom. The van der Waals surface area contributed by atoms with E-state index in [0.717, 1.165) is 12.2 Å². The molecule has 0 spiro atoms. The van der Waals surface area contributed by atoms with Gasteiger partial charge in [-0.2, -0.15) is 0 Å². The van der Waals surface area contributed by atoms with Crippen LogP contribution in [-0.4, -0.2) is 22.8 Å². The standard InChI is InChI=1S/C15H25NOS/c1-5-13-6-8-14(9-7-13)15(16-4)11-18(17)10-12(2)3/h6-9,12,15-16H,5,10-11H2,1-4H3. The number of hydrogen-bond donors (Lipinski definition) is 1. The van der Waals surface area contributed by atoms with Crippen LogP contribution in [0, 0.1) is 5.92 Å². The minimum Gasteiger partial charge on any atom is -0.312 e. The molecule has 0 amide bonds. The summed E-state index contributed by atoms with van der Waals surface area (Å²) in [5.74, 6) is 1.97. The third-order valence-corrected chi connectivity index (χ3v) is 4.75. The molecule has 3 heteroatoms. The molecule has 0 heterocycles. The van der Waals surface area contributed by atoms with Crippen LogP contribution >= 0.6 is 0 Å². The van der Waals surface area contributed by atoms with Crippen molar-refractivity contribution in [1.82, 2.24) is 5.32 Å². The summed E-state index contributed by atoms with van der Waals surface area (Å²) in [6, 6.07) is 8.80. The molecular weight excluding hydrogens is 242 g/mol. The second-order valence-electron chi connectivity index (χ2n) is 5.10. The van der Waals surface area contributed by atoms with Gasteiger partial charge in [0, 0.05) is 28.3 Å². The molecule has 1 aromatic rings. The molecule has 2 unspecified atom stereocenters. The first-order chi connectivity index (χ1) is 8.56. The lowest BCUT2D eigenvalue weighted by Gasteiger charge is -2.17. The second-order valence-corrected chi connectivity index (χ2v) is 6.65. The summed E-state index contributed by atoms with van der Waals surface area (Å²) in [6.45, 7) is 6.38. The Bertz CT molecular complexity index is 373. The minimum absolute atomic E-state index is 0.190. The van der Waals surface area contributed by atoms with E-state index in [1.807, 2.05) is 7.05 Å². The van der Waals surface area contributed by atoms with Crippen LogP contribution in [0.3, 0.4) is 0 Å². The highest BCUT2D eigenvalue weighted by Crippen LogP contribution is 2.16. The van der Waals surface area contributed by atoms with Gasteiger partial charge < -0.3 is 5.32 Å². The first kappa shape index (κ1) is 15.4. The molecule has 2 atom stereocenters. The average Bonchev–Trinajstić information content (AvgIpc) is 2.35. The summed E-state index contributed by atoms with van der Waals surface area (Å²) < 4.78 is 12.0. The van der Waals surface area contributed by atoms with Crippen molar-refractivity contribution >= 4 is 10.8 Å². The van der Waals surface area contributed by atoms with Gasteiger partial charge in [0.25, 0.3) is 0 Å². The van der Waals surface area contributed by atoms with Crippen LogP contribution in [0.4, 0.5) is 0 Å². The number of nitrogens with one attached hydrogen (secondary N) is 1. The van der Waals surface area contributed by atoms with Gasteiger partial charge in [-0.25, -0.2) is 0 Å². The van der Waals surface area contributed by atoms with Crippen molar-refractivity contribution in [2.24, 2.45) is 5.92 Å². The zero-order valence-corrected chi connectivity index (χ0v) is 12.7. The van der Waals surface area contributed by atoms with Gasteiger partial charge in [0.2, 0.25) is 0 Å². The van der Waals surface area contributed by atoms with Crippen molar-refractivity contribution in [1.29, 1.82) is 0 Å². The first-order valence-corrected chi connectivity index (χ1v) is 8.16. The highest BCUT2D eigenvalue weighted by Gasteiger charge is 2.13. The molecule has 102 valence electrons. The first-order valence-electron chi connectivity index (χ1n) is 6.67. The van der Waals surface area contributed by atoms with E-state index in [1.54, 1.807) is 0 Å². The molecule has 1 N–H and O–H groups in total. The molecule has 0 aliphatic carbocycles. The molecule has 1 aromatic carbocycles. The topological polar surface area (TPSA) is 29.1 Å². The number of aryl methyl sites for hydroxylation is 1. The fourth-order valence-electron chi connectivity index (χ4n) is 1.96. The summed E-state index contributed by atoms with van der Waals surface area (Å²) in [4.78, 5) is 0. The molecule has 0 aromatic heterocycles. The predicted molar refractivity (Wildman–Crippen MR) is 80.3 cm³/mol. The maximum atomic E-state index is 12.0. The second kappa shape index (κ2) is 7.70. The van der Waals surface area contributed by atoms with Gasteiger partial charge in [0.1, 0.15) is 0 Å². The lowest BCUT2D eigenvalue weighted by Crippen LogP contribution is -2.24. The fourth-order valence-corrected chi connectivity index (χ4v) is 3.57. The summed E-state index contributed by atoms with van der Waals surface area (Å²) in [5.41, 5.74) is 2.57. The van der Waals surface area contributed by atoms with Gasteiger partial charge >= 0.3 is 0 Å². The minimum atomic E-state index is -0.750. The number of benzene rings is 1. The zero-order chi connectivity index (χ0) is 13.5. The third-order valence-electron chi connectivity index (χ3n) is 3.01. The van der Waals surface area contributed by atoms with Crippen molar-refractivity contribution < 1.29 is 4.21 Å². The van der Waals surface area contributed by atoms with Gasteiger partial charge in [-0.3, -0.25) is 4.21 Å². The molecule has 1 rings (SSSR count). The van der Waals surface area contributed by atoms with Gasteiger partial charge in [-0.15, -0.1) is 0 Å². The predicted octanol–water partition coefficient (Wildman–Crippen LogP) is 2.91. The summed E-state index contributed by atoms with van der Waals surface area (Å²) in [5, 5.41) is 3.27. The Labute approximate surface area is 114 Å². The molecule has 0 saturated heterocycles. The van der Waals surface area contributed by atoms with Crippen LogP contribution in [0.5, 0.6) is 0 Å². The molecule has 0 aliphatic heterocycles. The largest absolute Gasteiger partial charge is 0.312 e. The van der Waals surface area contributed by atoms with Gasteiger partial charge in [0.05, 0.1) is 0 Å². The maximum Gasteiger partial charge on any atom is 0.0434 e.